The quantitative estimate of drug-likeness (QED) is 0.127. The maximum atomic E-state index is 9.25. The van der Waals surface area contributed by atoms with Crippen LogP contribution in [0.25, 0.3) is 94.5 Å². The minimum Gasteiger partial charge on any atom is -0.458 e. The van der Waals surface area contributed by atoms with Gasteiger partial charge < -0.3 is 4.74 Å². The van der Waals surface area contributed by atoms with E-state index >= 15 is 0 Å². The van der Waals surface area contributed by atoms with Crippen LogP contribution in [0.1, 0.15) is 85.9 Å². The number of imidazole rings is 1. The van der Waals surface area contributed by atoms with E-state index in [9.17, 15) is 2.74 Å². The fourth-order valence-corrected chi connectivity index (χ4v) is 10.5. The van der Waals surface area contributed by atoms with E-state index in [1.54, 1.807) is 0 Å². The smallest absolute Gasteiger partial charge is 0.269 e. The van der Waals surface area contributed by atoms with Gasteiger partial charge in [0.05, 0.1) is 40.3 Å². The molecule has 11 aromatic rings. The molecule has 4 heterocycles. The zero-order chi connectivity index (χ0) is 53.3. The van der Waals surface area contributed by atoms with Gasteiger partial charge in [-0.15, -0.1) is 0 Å². The SMILES string of the molecule is [2H]c1c([2H])c([2H])c(-c2cccc3c2-c2ccccc2-c2cc(C(C)(C)C)cc4c2[n+]([c-]n4-c2cccc(Oc4ccc5c6ccccc6n(-c6cc(C(C)(C)C)ccn6)c5c4)c2)-c2c-3cccc2C(C)(C)C)c([2H])c1[2H]. The van der Waals surface area contributed by atoms with Crippen LogP contribution in [0.4, 0.5) is 0 Å². The third kappa shape index (κ3) is 7.45. The van der Waals surface area contributed by atoms with Crippen LogP contribution in [0, 0.1) is 6.33 Å². The molecule has 3 aromatic heterocycles. The summed E-state index contributed by atoms with van der Waals surface area (Å²) in [6.45, 7) is 20.0. The molecule has 71 heavy (non-hydrogen) atoms. The molecule has 348 valence electrons. The molecule has 8 aromatic carbocycles. The Kier molecular flexibility index (Phi) is 8.89. The molecule has 0 atom stereocenters. The van der Waals surface area contributed by atoms with E-state index in [0.717, 1.165) is 94.5 Å². The maximum absolute atomic E-state index is 9.25. The van der Waals surface area contributed by atoms with E-state index in [0.29, 0.717) is 17.1 Å². The highest BCUT2D eigenvalue weighted by molar-refractivity contribution is 6.10. The second-order valence-corrected chi connectivity index (χ2v) is 21.9. The Morgan fingerprint density at radius 3 is 1.99 bits per heavy atom. The van der Waals surface area contributed by atoms with Crippen molar-refractivity contribution in [1.82, 2.24) is 14.1 Å². The maximum Gasteiger partial charge on any atom is 0.269 e. The van der Waals surface area contributed by atoms with E-state index < -0.39 is 6.04 Å². The van der Waals surface area contributed by atoms with E-state index in [2.05, 4.69) is 198 Å². The van der Waals surface area contributed by atoms with Crippen molar-refractivity contribution < 1.29 is 16.2 Å². The molecule has 5 heteroatoms. The third-order valence-electron chi connectivity index (χ3n) is 14.1. The second kappa shape index (κ2) is 16.3. The number of rotatable bonds is 5. The highest BCUT2D eigenvalue weighted by atomic mass is 16.5. The first-order valence-corrected chi connectivity index (χ1v) is 24.5. The molecule has 0 bridgehead atoms. The highest BCUT2D eigenvalue weighted by Gasteiger charge is 2.31. The van der Waals surface area contributed by atoms with Gasteiger partial charge in [-0.2, -0.15) is 0 Å². The lowest BCUT2D eigenvalue weighted by molar-refractivity contribution is -0.572. The normalized spacial score (nSPS) is 13.6. The Balaban J connectivity index is 1.10. The van der Waals surface area contributed by atoms with Crippen molar-refractivity contribution in [3.05, 3.63) is 211 Å². The minimum atomic E-state index is -0.422. The zero-order valence-corrected chi connectivity index (χ0v) is 41.7. The predicted octanol–water partition coefficient (Wildman–Crippen LogP) is 16.9. The Morgan fingerprint density at radius 1 is 0.521 bits per heavy atom. The molecule has 0 amide bonds. The van der Waals surface area contributed by atoms with Gasteiger partial charge in [-0.3, -0.25) is 13.7 Å². The molecule has 0 N–H and O–H groups in total. The van der Waals surface area contributed by atoms with Crippen molar-refractivity contribution >= 4 is 32.8 Å². The molecule has 0 aliphatic carbocycles. The Hall–Kier alpha value is -8.02. The number of fused-ring (bicyclic) bond motifs is 10. The molecule has 0 spiro atoms. The lowest BCUT2D eigenvalue weighted by Gasteiger charge is -2.27. The van der Waals surface area contributed by atoms with Gasteiger partial charge in [-0.1, -0.05) is 184 Å². The number of hydrogen-bond donors (Lipinski definition) is 0. The first kappa shape index (κ1) is 38.8. The van der Waals surface area contributed by atoms with Crippen LogP contribution in [0.5, 0.6) is 11.5 Å². The van der Waals surface area contributed by atoms with Crippen molar-refractivity contribution in [3.63, 3.8) is 0 Å². The fraction of sp³-hybridized carbons (Fsp3) is 0.182. The van der Waals surface area contributed by atoms with Gasteiger partial charge in [-0.25, -0.2) is 4.98 Å². The van der Waals surface area contributed by atoms with Crippen LogP contribution in [0.15, 0.2) is 188 Å². The van der Waals surface area contributed by atoms with Crippen LogP contribution in [-0.4, -0.2) is 14.1 Å². The average Bonchev–Trinajstić information content (AvgIpc) is 4.02. The number of pyridine rings is 1. The topological polar surface area (TPSA) is 35.9 Å². The first-order valence-electron chi connectivity index (χ1n) is 27.0. The summed E-state index contributed by atoms with van der Waals surface area (Å²) in [5.74, 6) is 2.21. The Labute approximate surface area is 424 Å². The lowest BCUT2D eigenvalue weighted by atomic mass is 9.80. The molecule has 0 fully saturated rings. The van der Waals surface area contributed by atoms with Gasteiger partial charge in [0.15, 0.2) is 0 Å². The summed E-state index contributed by atoms with van der Waals surface area (Å²) in [5, 5.41) is 2.25. The van der Waals surface area contributed by atoms with E-state index in [-0.39, 0.29) is 46.0 Å². The number of aromatic nitrogens is 4. The summed E-state index contributed by atoms with van der Waals surface area (Å²) in [6, 6.07) is 50.9. The molecule has 0 saturated heterocycles. The van der Waals surface area contributed by atoms with Crippen molar-refractivity contribution in [2.75, 3.05) is 0 Å². The molecule has 0 radical (unpaired) electrons. The average molecular weight is 928 g/mol. The second-order valence-electron chi connectivity index (χ2n) is 21.9. The van der Waals surface area contributed by atoms with Gasteiger partial charge in [0.25, 0.3) is 6.33 Å². The van der Waals surface area contributed by atoms with E-state index in [1.165, 1.54) is 5.56 Å². The van der Waals surface area contributed by atoms with E-state index in [4.69, 9.17) is 13.8 Å². The summed E-state index contributed by atoms with van der Waals surface area (Å²) in [5.41, 5.74) is 14.6. The molecular formula is C66H58N4O. The Bertz CT molecular complexity index is 4190. The van der Waals surface area contributed by atoms with Crippen molar-refractivity contribution in [3.8, 4) is 73.2 Å². The number of nitrogens with zero attached hydrogens (tertiary/aromatic N) is 4. The summed E-state index contributed by atoms with van der Waals surface area (Å²) in [6.07, 6.45) is 5.85. The highest BCUT2D eigenvalue weighted by Crippen LogP contribution is 2.49. The molecule has 1 aliphatic heterocycles. The summed E-state index contributed by atoms with van der Waals surface area (Å²) in [7, 11) is 0. The largest absolute Gasteiger partial charge is 0.458 e. The molecule has 5 nitrogen and oxygen atoms in total. The summed E-state index contributed by atoms with van der Waals surface area (Å²) < 4.78 is 58.0. The first-order chi connectivity index (χ1) is 36.2. The van der Waals surface area contributed by atoms with Crippen LogP contribution in [0.2, 0.25) is 0 Å². The lowest BCUT2D eigenvalue weighted by Crippen LogP contribution is -2.35. The van der Waals surface area contributed by atoms with Crippen LogP contribution in [0.3, 0.4) is 0 Å². The van der Waals surface area contributed by atoms with E-state index in [1.807, 2.05) is 42.6 Å². The van der Waals surface area contributed by atoms with Crippen molar-refractivity contribution in [1.29, 1.82) is 0 Å². The van der Waals surface area contributed by atoms with Crippen molar-refractivity contribution in [2.45, 2.75) is 78.6 Å². The van der Waals surface area contributed by atoms with Gasteiger partial charge >= 0.3 is 0 Å². The van der Waals surface area contributed by atoms with Gasteiger partial charge in [-0.05, 0) is 132 Å². The summed E-state index contributed by atoms with van der Waals surface area (Å²) >= 11 is 0. The number of benzene rings is 8. The molecule has 0 saturated carbocycles. The van der Waals surface area contributed by atoms with Gasteiger partial charge in [0.1, 0.15) is 17.3 Å². The monoisotopic (exact) mass is 927 g/mol. The summed E-state index contributed by atoms with van der Waals surface area (Å²) in [4.78, 5) is 4.91. The van der Waals surface area contributed by atoms with Gasteiger partial charge in [0.2, 0.25) is 0 Å². The predicted molar refractivity (Wildman–Crippen MR) is 294 cm³/mol. The molecule has 1 aliphatic rings. The minimum absolute atomic E-state index is 0.0542. The third-order valence-corrected chi connectivity index (χ3v) is 14.1. The van der Waals surface area contributed by atoms with Crippen LogP contribution in [-0.2, 0) is 16.2 Å². The number of para-hydroxylation sites is 2. The molecule has 0 unspecified atom stereocenters. The fourth-order valence-electron chi connectivity index (χ4n) is 10.5. The number of hydrogen-bond acceptors (Lipinski definition) is 2. The zero-order valence-electron chi connectivity index (χ0n) is 46.7. The molecular weight excluding hydrogens is 865 g/mol. The van der Waals surface area contributed by atoms with Gasteiger partial charge in [0, 0.05) is 23.0 Å². The number of ether oxygens (including phenoxy) is 1. The Morgan fingerprint density at radius 2 is 1.20 bits per heavy atom. The van der Waals surface area contributed by atoms with Crippen LogP contribution >= 0.6 is 0 Å². The standard InChI is InChI=1S/C66H58N4O/c1-64(2,3)43-34-35-67-60(38-43)70-57-31-16-15-25-50(57)51-33-32-47(40-58(51)70)71-46-23-17-22-45(39-46)68-41-69-62-54(29-19-30-56(62)66(7,8)9)53-28-18-27-48(42-20-11-10-12-21-42)61(53)52-26-14-13-24-49(52)55-36-44(65(4,5)6)37-59(68)63(55)69/h10-40H,1-9H3/i10D,11D,12D,20D,21D. The van der Waals surface area contributed by atoms with Crippen molar-refractivity contribution in [2.24, 2.45) is 0 Å². The molecule has 12 rings (SSSR count). The van der Waals surface area contributed by atoms with Crippen LogP contribution < -0.4 is 9.30 Å².